The van der Waals surface area contributed by atoms with Gasteiger partial charge in [-0.05, 0) is 19.8 Å². The fourth-order valence-corrected chi connectivity index (χ4v) is 5.62. The monoisotopic (exact) mass is 496 g/mol. The van der Waals surface area contributed by atoms with Gasteiger partial charge in [0.25, 0.3) is 0 Å². The van der Waals surface area contributed by atoms with Crippen LogP contribution in [0.3, 0.4) is 0 Å². The van der Waals surface area contributed by atoms with Gasteiger partial charge in [0.1, 0.15) is 17.1 Å². The van der Waals surface area contributed by atoms with Crippen molar-refractivity contribution in [2.24, 2.45) is 5.92 Å². The summed E-state index contributed by atoms with van der Waals surface area (Å²) in [7, 11) is 0. The summed E-state index contributed by atoms with van der Waals surface area (Å²) in [5.74, 6) is -3.11. The van der Waals surface area contributed by atoms with E-state index in [-0.39, 0.29) is 52.1 Å². The lowest BCUT2D eigenvalue weighted by atomic mass is 9.72. The lowest BCUT2D eigenvalue weighted by Gasteiger charge is -2.42. The van der Waals surface area contributed by atoms with Gasteiger partial charge in [0.15, 0.2) is 23.6 Å². The summed E-state index contributed by atoms with van der Waals surface area (Å²) in [5.41, 5.74) is -2.44. The number of carbonyl (C=O) groups excluding carboxylic acids is 3. The Morgan fingerprint density at radius 2 is 1.64 bits per heavy atom. The molecule has 9 heteroatoms. The number of phenols is 2. The van der Waals surface area contributed by atoms with E-state index >= 15 is 0 Å². The molecule has 0 spiro atoms. The van der Waals surface area contributed by atoms with Crippen molar-refractivity contribution < 1.29 is 44.3 Å². The number of Topliss-reactive ketones (excluding diaryl/α,β-unsaturated/α-hetero) is 1. The van der Waals surface area contributed by atoms with Crippen molar-refractivity contribution in [3.05, 3.63) is 57.6 Å². The summed E-state index contributed by atoms with van der Waals surface area (Å²) >= 11 is 0. The Balaban J connectivity index is 1.66. The molecule has 2 aromatic carbocycles. The van der Waals surface area contributed by atoms with Crippen LogP contribution in [0.5, 0.6) is 11.5 Å². The molecule has 2 aromatic rings. The molecule has 0 aromatic heterocycles. The van der Waals surface area contributed by atoms with Gasteiger partial charge in [0, 0.05) is 41.5 Å². The third-order valence-electron chi connectivity index (χ3n) is 7.74. The molecule has 1 heterocycles. The van der Waals surface area contributed by atoms with Crippen molar-refractivity contribution in [3.8, 4) is 11.5 Å². The van der Waals surface area contributed by atoms with Crippen LogP contribution < -0.4 is 0 Å². The quantitative estimate of drug-likeness (QED) is 0.401. The number of aromatic hydroxyl groups is 2. The normalized spacial score (nSPS) is 31.4. The van der Waals surface area contributed by atoms with Crippen LogP contribution >= 0.6 is 0 Å². The smallest absolute Gasteiger partial charge is 0.198 e. The van der Waals surface area contributed by atoms with E-state index in [1.165, 1.54) is 19.1 Å². The molecule has 4 unspecified atom stereocenters. The van der Waals surface area contributed by atoms with Gasteiger partial charge in [-0.1, -0.05) is 31.2 Å². The number of aliphatic hydroxyl groups is 2. The second-order valence-corrected chi connectivity index (χ2v) is 10.1. The Hall–Kier alpha value is -3.11. The first-order valence-electron chi connectivity index (χ1n) is 12.0. The maximum absolute atomic E-state index is 13.3. The average Bonchev–Trinajstić information content (AvgIpc) is 2.82. The summed E-state index contributed by atoms with van der Waals surface area (Å²) in [6, 6.07) is 6.12. The zero-order valence-electron chi connectivity index (χ0n) is 20.1. The number of hydrogen-bond acceptors (Lipinski definition) is 9. The number of fused-ring (bicyclic) bond motifs is 3. The summed E-state index contributed by atoms with van der Waals surface area (Å²) in [6.07, 6.45) is -3.56. The van der Waals surface area contributed by atoms with Gasteiger partial charge in [-0.2, -0.15) is 0 Å². The van der Waals surface area contributed by atoms with Gasteiger partial charge in [-0.3, -0.25) is 14.4 Å². The van der Waals surface area contributed by atoms with E-state index in [1.54, 1.807) is 19.1 Å². The van der Waals surface area contributed by atoms with Gasteiger partial charge in [0.2, 0.25) is 0 Å². The van der Waals surface area contributed by atoms with Gasteiger partial charge in [0.05, 0.1) is 29.4 Å². The highest BCUT2D eigenvalue weighted by Gasteiger charge is 2.49. The van der Waals surface area contributed by atoms with Crippen LogP contribution in [0.25, 0.3) is 0 Å². The molecule has 1 saturated heterocycles. The van der Waals surface area contributed by atoms with Crippen molar-refractivity contribution >= 4 is 17.3 Å². The highest BCUT2D eigenvalue weighted by molar-refractivity contribution is 6.30. The standard InChI is InChI=1S/C27H28O9/c1-11-8-18(35-12(2)22(11)29)36-17-10-27(34,13(3)28)9-16-19(17)26(33)21-20(25(16)32)23(30)14-6-4-5-7-15(14)24(21)31/h4-7,11-12,17-18,22,29,32-34H,8-10H2,1-3H3/t11?,12?,17-,18?,22?,27-/m0/s1. The molecular formula is C27H28O9. The first-order valence-corrected chi connectivity index (χ1v) is 12.0. The van der Waals surface area contributed by atoms with Crippen LogP contribution in [0.2, 0.25) is 0 Å². The molecule has 1 aliphatic heterocycles. The lowest BCUT2D eigenvalue weighted by molar-refractivity contribution is -0.255. The summed E-state index contributed by atoms with van der Waals surface area (Å²) in [4.78, 5) is 39.1. The third-order valence-corrected chi connectivity index (χ3v) is 7.74. The van der Waals surface area contributed by atoms with Gasteiger partial charge in [-0.15, -0.1) is 0 Å². The van der Waals surface area contributed by atoms with Gasteiger partial charge in [-0.25, -0.2) is 0 Å². The zero-order valence-corrected chi connectivity index (χ0v) is 20.1. The SMILES string of the molecule is CC(=O)[C@]1(O)Cc2c(O)c3c(c(O)c2[C@@H](OC2CC(C)C(O)C(C)O2)C1)C(=O)c1ccccc1C3=O. The van der Waals surface area contributed by atoms with Crippen molar-refractivity contribution in [1.82, 2.24) is 0 Å². The van der Waals surface area contributed by atoms with Crippen LogP contribution in [0, 0.1) is 5.92 Å². The van der Waals surface area contributed by atoms with E-state index in [0.29, 0.717) is 6.42 Å². The fraction of sp³-hybridized carbons (Fsp3) is 0.444. The molecule has 1 fully saturated rings. The first kappa shape index (κ1) is 24.6. The van der Waals surface area contributed by atoms with Crippen molar-refractivity contribution in [2.75, 3.05) is 0 Å². The number of ether oxygens (including phenoxy) is 2. The van der Waals surface area contributed by atoms with Crippen molar-refractivity contribution in [2.45, 2.75) is 70.2 Å². The highest BCUT2D eigenvalue weighted by atomic mass is 16.7. The minimum Gasteiger partial charge on any atom is -0.507 e. The molecule has 0 radical (unpaired) electrons. The minimum atomic E-state index is -1.94. The maximum atomic E-state index is 13.3. The highest BCUT2D eigenvalue weighted by Crippen LogP contribution is 2.52. The second-order valence-electron chi connectivity index (χ2n) is 10.1. The van der Waals surface area contributed by atoms with Crippen LogP contribution in [0.15, 0.2) is 24.3 Å². The first-order chi connectivity index (χ1) is 16.9. The van der Waals surface area contributed by atoms with Gasteiger partial charge >= 0.3 is 0 Å². The predicted molar refractivity (Wildman–Crippen MR) is 125 cm³/mol. The number of rotatable bonds is 3. The molecule has 0 saturated carbocycles. The number of aliphatic hydroxyl groups excluding tert-OH is 1. The number of phenolic OH excluding ortho intramolecular Hbond substituents is 2. The van der Waals surface area contributed by atoms with Crippen LogP contribution in [0.1, 0.15) is 82.7 Å². The van der Waals surface area contributed by atoms with E-state index < -0.39 is 59.1 Å². The largest absolute Gasteiger partial charge is 0.507 e. The van der Waals surface area contributed by atoms with E-state index in [4.69, 9.17) is 9.47 Å². The van der Waals surface area contributed by atoms with Crippen LogP contribution in [0.4, 0.5) is 0 Å². The lowest BCUT2D eigenvalue weighted by Crippen LogP contribution is -2.47. The Morgan fingerprint density at radius 3 is 2.19 bits per heavy atom. The van der Waals surface area contributed by atoms with E-state index in [1.807, 2.05) is 6.92 Å². The van der Waals surface area contributed by atoms with Crippen molar-refractivity contribution in [3.63, 3.8) is 0 Å². The predicted octanol–water partition coefficient (Wildman–Crippen LogP) is 2.33. The molecule has 2 aliphatic carbocycles. The van der Waals surface area contributed by atoms with Crippen molar-refractivity contribution in [1.29, 1.82) is 0 Å². The molecule has 5 rings (SSSR count). The average molecular weight is 497 g/mol. The zero-order chi connectivity index (χ0) is 26.1. The summed E-state index contributed by atoms with van der Waals surface area (Å²) < 4.78 is 11.9. The van der Waals surface area contributed by atoms with E-state index in [9.17, 15) is 34.8 Å². The molecule has 4 N–H and O–H groups in total. The molecule has 6 atom stereocenters. The molecule has 0 amide bonds. The van der Waals surface area contributed by atoms with Crippen LogP contribution in [-0.2, 0) is 20.7 Å². The number of benzene rings is 2. The van der Waals surface area contributed by atoms with Gasteiger partial charge < -0.3 is 29.9 Å². The number of hydrogen-bond donors (Lipinski definition) is 4. The Bertz CT molecular complexity index is 1290. The Kier molecular flexibility index (Phi) is 5.79. The number of ketones is 3. The molecule has 0 bridgehead atoms. The molecule has 36 heavy (non-hydrogen) atoms. The summed E-state index contributed by atoms with van der Waals surface area (Å²) in [6.45, 7) is 4.74. The Labute approximate surface area is 207 Å². The fourth-order valence-electron chi connectivity index (χ4n) is 5.62. The van der Waals surface area contributed by atoms with E-state index in [2.05, 4.69) is 0 Å². The third kappa shape index (κ3) is 3.57. The molecular weight excluding hydrogens is 468 g/mol. The Morgan fingerprint density at radius 1 is 1.06 bits per heavy atom. The second kappa shape index (κ2) is 8.48. The topological polar surface area (TPSA) is 151 Å². The summed E-state index contributed by atoms with van der Waals surface area (Å²) in [5, 5.41) is 44.0. The van der Waals surface area contributed by atoms with E-state index in [0.717, 1.165) is 0 Å². The molecule has 3 aliphatic rings. The molecule has 9 nitrogen and oxygen atoms in total. The number of carbonyl (C=O) groups is 3. The maximum Gasteiger partial charge on any atom is 0.198 e. The minimum absolute atomic E-state index is 0.0299. The molecule has 190 valence electrons. The van der Waals surface area contributed by atoms with Crippen LogP contribution in [-0.4, -0.2) is 61.9 Å².